The van der Waals surface area contributed by atoms with Crippen molar-refractivity contribution in [3.8, 4) is 11.5 Å². The second-order valence-corrected chi connectivity index (χ2v) is 7.79. The van der Waals surface area contributed by atoms with E-state index in [1.54, 1.807) is 6.07 Å². The number of piperazine rings is 1. The molecule has 30 heavy (non-hydrogen) atoms. The molecule has 1 saturated heterocycles. The zero-order valence-corrected chi connectivity index (χ0v) is 18.6. The smallest absolute Gasteiger partial charge is 0.254 e. The van der Waals surface area contributed by atoms with Gasteiger partial charge in [0.2, 0.25) is 0 Å². The number of amides is 1. The van der Waals surface area contributed by atoms with E-state index < -0.39 is 0 Å². The molecule has 1 fully saturated rings. The first-order valence-electron chi connectivity index (χ1n) is 11.0. The van der Waals surface area contributed by atoms with Crippen molar-refractivity contribution in [2.75, 3.05) is 45.9 Å². The van der Waals surface area contributed by atoms with E-state index >= 15 is 0 Å². The fourth-order valence-corrected chi connectivity index (χ4v) is 3.80. The van der Waals surface area contributed by atoms with E-state index in [0.29, 0.717) is 36.2 Å². The summed E-state index contributed by atoms with van der Waals surface area (Å²) in [6.45, 7) is 14.4. The van der Waals surface area contributed by atoms with E-state index in [1.165, 1.54) is 0 Å². The number of nitrogens with zero attached hydrogens (tertiary/aromatic N) is 4. The van der Waals surface area contributed by atoms with Gasteiger partial charge >= 0.3 is 0 Å². The van der Waals surface area contributed by atoms with E-state index in [0.717, 1.165) is 45.1 Å². The minimum atomic E-state index is 0.0513. The molecule has 2 heterocycles. The predicted molar refractivity (Wildman–Crippen MR) is 117 cm³/mol. The van der Waals surface area contributed by atoms with Crippen molar-refractivity contribution in [3.05, 3.63) is 42.0 Å². The monoisotopic (exact) mass is 414 g/mol. The summed E-state index contributed by atoms with van der Waals surface area (Å²) in [6, 6.07) is 5.46. The van der Waals surface area contributed by atoms with E-state index in [4.69, 9.17) is 9.47 Å². The highest BCUT2D eigenvalue weighted by Crippen LogP contribution is 2.29. The highest BCUT2D eigenvalue weighted by molar-refractivity contribution is 5.95. The van der Waals surface area contributed by atoms with Crippen molar-refractivity contribution in [2.45, 2.75) is 40.2 Å². The Hall–Kier alpha value is -2.54. The lowest BCUT2D eigenvalue weighted by Crippen LogP contribution is -2.49. The third-order valence-corrected chi connectivity index (χ3v) is 5.37. The Kier molecular flexibility index (Phi) is 7.74. The van der Waals surface area contributed by atoms with Crippen molar-refractivity contribution < 1.29 is 14.3 Å². The predicted octanol–water partition coefficient (Wildman–Crippen LogP) is 3.26. The van der Waals surface area contributed by atoms with Crippen molar-refractivity contribution in [1.82, 2.24) is 19.4 Å². The number of carbonyl (C=O) groups is 1. The lowest BCUT2D eigenvalue weighted by molar-refractivity contribution is 0.0632. The summed E-state index contributed by atoms with van der Waals surface area (Å²) >= 11 is 0. The van der Waals surface area contributed by atoms with E-state index in [1.807, 2.05) is 37.1 Å². The first-order chi connectivity index (χ1) is 14.5. The van der Waals surface area contributed by atoms with Crippen molar-refractivity contribution in [2.24, 2.45) is 0 Å². The maximum atomic E-state index is 13.0. The normalized spacial score (nSPS) is 14.9. The van der Waals surface area contributed by atoms with Crippen LogP contribution in [0.2, 0.25) is 0 Å². The molecule has 3 rings (SSSR count). The van der Waals surface area contributed by atoms with Gasteiger partial charge in [-0.05, 0) is 32.0 Å². The van der Waals surface area contributed by atoms with Crippen LogP contribution in [0.15, 0.2) is 30.6 Å². The molecule has 1 amide bonds. The summed E-state index contributed by atoms with van der Waals surface area (Å²) in [5.74, 6) is 2.91. The zero-order chi connectivity index (χ0) is 21.5. The molecule has 0 aliphatic carbocycles. The van der Waals surface area contributed by atoms with Gasteiger partial charge in [0.25, 0.3) is 5.91 Å². The second kappa shape index (κ2) is 10.5. The molecule has 1 aliphatic heterocycles. The van der Waals surface area contributed by atoms with E-state index in [-0.39, 0.29) is 5.91 Å². The number of benzene rings is 1. The highest BCUT2D eigenvalue weighted by atomic mass is 16.5. The number of imidazole rings is 1. The lowest BCUT2D eigenvalue weighted by atomic mass is 10.1. The summed E-state index contributed by atoms with van der Waals surface area (Å²) in [5, 5.41) is 0. The van der Waals surface area contributed by atoms with Gasteiger partial charge in [-0.3, -0.25) is 9.69 Å². The average Bonchev–Trinajstić information content (AvgIpc) is 3.23. The van der Waals surface area contributed by atoms with Gasteiger partial charge in [-0.1, -0.05) is 13.8 Å². The summed E-state index contributed by atoms with van der Waals surface area (Å²) in [4.78, 5) is 21.8. The fraction of sp³-hybridized carbons (Fsp3) is 0.565. The minimum absolute atomic E-state index is 0.0513. The van der Waals surface area contributed by atoms with Crippen LogP contribution in [0.1, 0.15) is 49.8 Å². The highest BCUT2D eigenvalue weighted by Gasteiger charge is 2.23. The lowest BCUT2D eigenvalue weighted by Gasteiger charge is -2.35. The maximum absolute atomic E-state index is 13.0. The first kappa shape index (κ1) is 22.2. The third kappa shape index (κ3) is 5.33. The Labute approximate surface area is 179 Å². The van der Waals surface area contributed by atoms with Crippen LogP contribution in [0.4, 0.5) is 0 Å². The number of carbonyl (C=O) groups excluding carboxylic acids is 1. The average molecular weight is 415 g/mol. The second-order valence-electron chi connectivity index (χ2n) is 7.79. The molecule has 2 aromatic rings. The largest absolute Gasteiger partial charge is 0.490 e. The molecule has 0 spiro atoms. The zero-order valence-electron chi connectivity index (χ0n) is 18.6. The summed E-state index contributed by atoms with van der Waals surface area (Å²) in [5.41, 5.74) is 0.648. The third-order valence-electron chi connectivity index (χ3n) is 5.37. The standard InChI is InChI=1S/C23H34N4O3/c1-5-29-20-8-7-19(17-21(20)30-6-2)23(28)27-15-12-25(13-16-27)11-14-26-10-9-24-22(26)18(3)4/h7-10,17-18H,5-6,11-16H2,1-4H3. The van der Waals surface area contributed by atoms with Gasteiger partial charge in [-0.25, -0.2) is 4.98 Å². The van der Waals surface area contributed by atoms with E-state index in [2.05, 4.69) is 34.5 Å². The van der Waals surface area contributed by atoms with Gasteiger partial charge in [0.15, 0.2) is 11.5 Å². The van der Waals surface area contributed by atoms with Crippen molar-refractivity contribution in [3.63, 3.8) is 0 Å². The Balaban J connectivity index is 1.55. The van der Waals surface area contributed by atoms with Gasteiger partial charge in [-0.15, -0.1) is 0 Å². The van der Waals surface area contributed by atoms with Crippen molar-refractivity contribution in [1.29, 1.82) is 0 Å². The SMILES string of the molecule is CCOc1ccc(C(=O)N2CCN(CCn3ccnc3C(C)C)CC2)cc1OCC. The maximum Gasteiger partial charge on any atom is 0.254 e. The van der Waals surface area contributed by atoms with Gasteiger partial charge in [0, 0.05) is 63.1 Å². The molecule has 0 saturated carbocycles. The van der Waals surface area contributed by atoms with Crippen molar-refractivity contribution >= 4 is 5.91 Å². The molecule has 0 N–H and O–H groups in total. The molecular weight excluding hydrogens is 380 g/mol. The molecule has 1 aromatic heterocycles. The van der Waals surface area contributed by atoms with Gasteiger partial charge in [-0.2, -0.15) is 0 Å². The molecule has 164 valence electrons. The Morgan fingerprint density at radius 1 is 1.03 bits per heavy atom. The van der Waals surface area contributed by atoms with Crippen LogP contribution in [0.5, 0.6) is 11.5 Å². The topological polar surface area (TPSA) is 59.8 Å². The number of hydrogen-bond acceptors (Lipinski definition) is 5. The molecule has 7 heteroatoms. The van der Waals surface area contributed by atoms with Crippen LogP contribution in [-0.4, -0.2) is 71.2 Å². The molecule has 0 bridgehead atoms. The Bertz CT molecular complexity index is 826. The Morgan fingerprint density at radius 3 is 2.40 bits per heavy atom. The number of hydrogen-bond donors (Lipinski definition) is 0. The minimum Gasteiger partial charge on any atom is -0.490 e. The quantitative estimate of drug-likeness (QED) is 0.630. The molecular formula is C23H34N4O3. The molecule has 0 atom stereocenters. The van der Waals surface area contributed by atoms with Crippen LogP contribution in [-0.2, 0) is 6.54 Å². The van der Waals surface area contributed by atoms with Crippen LogP contribution in [0.3, 0.4) is 0 Å². The molecule has 0 unspecified atom stereocenters. The van der Waals surface area contributed by atoms with Gasteiger partial charge in [0.05, 0.1) is 13.2 Å². The number of aromatic nitrogens is 2. The summed E-state index contributed by atoms with van der Waals surface area (Å²) in [6.07, 6.45) is 3.93. The molecule has 0 radical (unpaired) electrons. The molecule has 7 nitrogen and oxygen atoms in total. The number of ether oxygens (including phenoxy) is 2. The number of rotatable bonds is 9. The van der Waals surface area contributed by atoms with Gasteiger partial charge in [0.1, 0.15) is 5.82 Å². The van der Waals surface area contributed by atoms with E-state index in [9.17, 15) is 4.79 Å². The fourth-order valence-electron chi connectivity index (χ4n) is 3.80. The van der Waals surface area contributed by atoms with Gasteiger partial charge < -0.3 is 18.9 Å². The van der Waals surface area contributed by atoms with Crippen LogP contribution in [0.25, 0.3) is 0 Å². The summed E-state index contributed by atoms with van der Waals surface area (Å²) in [7, 11) is 0. The van der Waals surface area contributed by atoms with Crippen LogP contribution < -0.4 is 9.47 Å². The molecule has 1 aliphatic rings. The Morgan fingerprint density at radius 2 is 1.73 bits per heavy atom. The van der Waals surface area contributed by atoms with Crippen LogP contribution >= 0.6 is 0 Å². The molecule has 1 aromatic carbocycles. The van der Waals surface area contributed by atoms with Crippen LogP contribution in [0, 0.1) is 0 Å². The summed E-state index contributed by atoms with van der Waals surface area (Å²) < 4.78 is 13.5. The first-order valence-corrected chi connectivity index (χ1v) is 11.0.